The van der Waals surface area contributed by atoms with Crippen LogP contribution in [0.5, 0.6) is 11.5 Å². The van der Waals surface area contributed by atoms with E-state index in [1.54, 1.807) is 14.2 Å². The Labute approximate surface area is 103 Å². The number of hydrogen-bond acceptors (Lipinski definition) is 2. The van der Waals surface area contributed by atoms with Crippen LogP contribution in [0.4, 0.5) is 0 Å². The van der Waals surface area contributed by atoms with E-state index in [4.69, 9.17) is 9.47 Å². The van der Waals surface area contributed by atoms with Crippen LogP contribution < -0.4 is 9.47 Å². The van der Waals surface area contributed by atoms with Crippen LogP contribution in [-0.4, -0.2) is 14.2 Å². The molecule has 0 aliphatic heterocycles. The molecule has 1 atom stereocenters. The number of methoxy groups -OCH3 is 2. The van der Waals surface area contributed by atoms with E-state index in [0.29, 0.717) is 5.92 Å². The molecule has 1 unspecified atom stereocenters. The molecular weight excluding hydrogens is 212 g/mol. The van der Waals surface area contributed by atoms with Crippen LogP contribution in [0.1, 0.15) is 36.8 Å². The summed E-state index contributed by atoms with van der Waals surface area (Å²) in [6.45, 7) is 2.22. The number of benzene rings is 1. The van der Waals surface area contributed by atoms with E-state index < -0.39 is 0 Å². The molecule has 0 bridgehead atoms. The van der Waals surface area contributed by atoms with Crippen molar-refractivity contribution in [3.05, 3.63) is 35.4 Å². The average molecular weight is 232 g/mol. The first-order valence-electron chi connectivity index (χ1n) is 6.17. The first-order valence-corrected chi connectivity index (χ1v) is 6.17. The lowest BCUT2D eigenvalue weighted by Crippen LogP contribution is -2.04. The first-order chi connectivity index (χ1) is 8.26. The molecule has 2 rings (SSSR count). The Balaban J connectivity index is 2.54. The molecule has 92 valence electrons. The molecule has 0 radical (unpaired) electrons. The van der Waals surface area contributed by atoms with E-state index >= 15 is 0 Å². The van der Waals surface area contributed by atoms with Crippen molar-refractivity contribution in [3.8, 4) is 11.5 Å². The zero-order valence-corrected chi connectivity index (χ0v) is 10.8. The minimum absolute atomic E-state index is 0.408. The van der Waals surface area contributed by atoms with Gasteiger partial charge in [-0.1, -0.05) is 19.1 Å². The van der Waals surface area contributed by atoms with Gasteiger partial charge in [-0.3, -0.25) is 0 Å². The Morgan fingerprint density at radius 3 is 2.71 bits per heavy atom. The largest absolute Gasteiger partial charge is 0.497 e. The highest BCUT2D eigenvalue weighted by atomic mass is 16.5. The highest BCUT2D eigenvalue weighted by molar-refractivity contribution is 5.50. The monoisotopic (exact) mass is 232 g/mol. The molecule has 0 amide bonds. The van der Waals surface area contributed by atoms with Gasteiger partial charge in [0, 0.05) is 17.5 Å². The van der Waals surface area contributed by atoms with Crippen LogP contribution in [-0.2, 0) is 6.42 Å². The maximum Gasteiger partial charge on any atom is 0.126 e. The second-order valence-electron chi connectivity index (χ2n) is 4.51. The topological polar surface area (TPSA) is 18.5 Å². The number of aryl methyl sites for hydroxylation is 1. The van der Waals surface area contributed by atoms with Gasteiger partial charge in [-0.25, -0.2) is 0 Å². The van der Waals surface area contributed by atoms with Gasteiger partial charge in [-0.15, -0.1) is 0 Å². The van der Waals surface area contributed by atoms with Crippen molar-refractivity contribution in [2.24, 2.45) is 0 Å². The molecule has 0 heterocycles. The van der Waals surface area contributed by atoms with Crippen molar-refractivity contribution in [2.75, 3.05) is 14.2 Å². The molecule has 2 nitrogen and oxygen atoms in total. The smallest absolute Gasteiger partial charge is 0.126 e. The van der Waals surface area contributed by atoms with E-state index in [9.17, 15) is 0 Å². The predicted molar refractivity (Wildman–Crippen MR) is 70.0 cm³/mol. The third-order valence-corrected chi connectivity index (χ3v) is 3.35. The lowest BCUT2D eigenvalue weighted by Gasteiger charge is -2.20. The maximum absolute atomic E-state index is 5.51. The van der Waals surface area contributed by atoms with E-state index in [-0.39, 0.29) is 0 Å². The summed E-state index contributed by atoms with van der Waals surface area (Å²) >= 11 is 0. The van der Waals surface area contributed by atoms with Gasteiger partial charge in [0.2, 0.25) is 0 Å². The lowest BCUT2D eigenvalue weighted by atomic mass is 9.89. The quantitative estimate of drug-likeness (QED) is 0.724. The van der Waals surface area contributed by atoms with E-state index in [0.717, 1.165) is 24.3 Å². The van der Waals surface area contributed by atoms with Gasteiger partial charge in [0.15, 0.2) is 0 Å². The molecular formula is C15H20O2. The number of fused-ring (bicyclic) bond motifs is 1. The first kappa shape index (κ1) is 12.0. The summed E-state index contributed by atoms with van der Waals surface area (Å²) in [5.41, 5.74) is 2.67. The Kier molecular flexibility index (Phi) is 3.72. The minimum Gasteiger partial charge on any atom is -0.497 e. The van der Waals surface area contributed by atoms with Gasteiger partial charge in [-0.2, -0.15) is 0 Å². The summed E-state index contributed by atoms with van der Waals surface area (Å²) < 4.78 is 10.8. The Hall–Kier alpha value is -1.44. The maximum atomic E-state index is 5.51. The summed E-state index contributed by atoms with van der Waals surface area (Å²) in [7, 11) is 3.43. The number of allylic oxidation sites excluding steroid dienone is 2. The zero-order chi connectivity index (χ0) is 12.3. The average Bonchev–Trinajstić information content (AvgIpc) is 2.34. The van der Waals surface area contributed by atoms with Crippen molar-refractivity contribution in [3.63, 3.8) is 0 Å². The second kappa shape index (κ2) is 5.26. The molecule has 0 saturated heterocycles. The van der Waals surface area contributed by atoms with Gasteiger partial charge >= 0.3 is 0 Å². The van der Waals surface area contributed by atoms with Gasteiger partial charge in [0.25, 0.3) is 0 Å². The molecule has 0 N–H and O–H groups in total. The standard InChI is InChI=1S/C15H20O2/c1-11-7-5-4-6-8-12-9-13(16-2)10-14(17-3)15(11)12/h5,7,9-11H,4,6,8H2,1-3H3. The highest BCUT2D eigenvalue weighted by Gasteiger charge is 2.17. The molecule has 0 saturated carbocycles. The van der Waals surface area contributed by atoms with E-state index in [1.807, 2.05) is 6.07 Å². The van der Waals surface area contributed by atoms with Gasteiger partial charge in [-0.05, 0) is 30.9 Å². The molecule has 0 aromatic heterocycles. The van der Waals surface area contributed by atoms with Crippen LogP contribution in [0.25, 0.3) is 0 Å². The van der Waals surface area contributed by atoms with E-state index in [2.05, 4.69) is 25.1 Å². The molecule has 0 spiro atoms. The van der Waals surface area contributed by atoms with Crippen molar-refractivity contribution >= 4 is 0 Å². The van der Waals surface area contributed by atoms with Crippen LogP contribution in [0.2, 0.25) is 0 Å². The van der Waals surface area contributed by atoms with Crippen LogP contribution in [0.3, 0.4) is 0 Å². The fourth-order valence-electron chi connectivity index (χ4n) is 2.47. The molecule has 17 heavy (non-hydrogen) atoms. The number of ether oxygens (including phenoxy) is 2. The molecule has 1 aromatic carbocycles. The van der Waals surface area contributed by atoms with Gasteiger partial charge < -0.3 is 9.47 Å². The fraction of sp³-hybridized carbons (Fsp3) is 0.467. The Morgan fingerprint density at radius 2 is 2.00 bits per heavy atom. The van der Waals surface area contributed by atoms with E-state index in [1.165, 1.54) is 17.5 Å². The Bertz CT molecular complexity index is 421. The highest BCUT2D eigenvalue weighted by Crippen LogP contribution is 2.36. The third-order valence-electron chi connectivity index (χ3n) is 3.35. The summed E-state index contributed by atoms with van der Waals surface area (Å²) in [4.78, 5) is 0. The van der Waals surface area contributed by atoms with Crippen molar-refractivity contribution in [1.82, 2.24) is 0 Å². The Morgan fingerprint density at radius 1 is 1.18 bits per heavy atom. The predicted octanol–water partition coefficient (Wildman–Crippen LogP) is 3.70. The van der Waals surface area contributed by atoms with Crippen molar-refractivity contribution in [1.29, 1.82) is 0 Å². The van der Waals surface area contributed by atoms with Crippen LogP contribution in [0, 0.1) is 0 Å². The molecule has 1 aliphatic carbocycles. The summed E-state index contributed by atoms with van der Waals surface area (Å²) in [6, 6.07) is 4.12. The summed E-state index contributed by atoms with van der Waals surface area (Å²) in [6.07, 6.45) is 7.98. The summed E-state index contributed by atoms with van der Waals surface area (Å²) in [5.74, 6) is 2.24. The third kappa shape index (κ3) is 2.46. The summed E-state index contributed by atoms with van der Waals surface area (Å²) in [5, 5.41) is 0. The van der Waals surface area contributed by atoms with Gasteiger partial charge in [0.05, 0.1) is 14.2 Å². The molecule has 2 heteroatoms. The normalized spacial score (nSPS) is 19.1. The fourth-order valence-corrected chi connectivity index (χ4v) is 2.47. The number of hydrogen-bond donors (Lipinski definition) is 0. The van der Waals surface area contributed by atoms with Crippen LogP contribution in [0.15, 0.2) is 24.3 Å². The number of rotatable bonds is 2. The SMILES string of the molecule is COc1cc2c(c(OC)c1)C(C)C=CCCC2. The molecule has 0 fully saturated rings. The minimum atomic E-state index is 0.408. The van der Waals surface area contributed by atoms with Crippen LogP contribution >= 0.6 is 0 Å². The lowest BCUT2D eigenvalue weighted by molar-refractivity contribution is 0.389. The second-order valence-corrected chi connectivity index (χ2v) is 4.51. The zero-order valence-electron chi connectivity index (χ0n) is 10.8. The molecule has 1 aromatic rings. The van der Waals surface area contributed by atoms with Crippen molar-refractivity contribution < 1.29 is 9.47 Å². The van der Waals surface area contributed by atoms with Gasteiger partial charge in [0.1, 0.15) is 11.5 Å². The molecule has 1 aliphatic rings. The van der Waals surface area contributed by atoms with Crippen molar-refractivity contribution in [2.45, 2.75) is 32.1 Å².